The summed E-state index contributed by atoms with van der Waals surface area (Å²) in [6, 6.07) is 18.3. The van der Waals surface area contributed by atoms with Crippen LogP contribution in [0.3, 0.4) is 0 Å². The Labute approximate surface area is 151 Å². The van der Waals surface area contributed by atoms with Crippen molar-refractivity contribution in [2.24, 2.45) is 0 Å². The summed E-state index contributed by atoms with van der Waals surface area (Å²) < 4.78 is 26.7. The minimum atomic E-state index is -3.75. The quantitative estimate of drug-likeness (QED) is 0.566. The SMILES string of the molecule is O=S(=O)(c1cccc2ccccc12)c1[nH]nc2ccc(CCCO)cc12. The van der Waals surface area contributed by atoms with E-state index >= 15 is 0 Å². The van der Waals surface area contributed by atoms with Gasteiger partial charge in [0.2, 0.25) is 9.84 Å². The number of H-pyrrole nitrogens is 1. The van der Waals surface area contributed by atoms with Crippen LogP contribution in [0.4, 0.5) is 0 Å². The van der Waals surface area contributed by atoms with E-state index in [9.17, 15) is 8.42 Å². The molecule has 0 radical (unpaired) electrons. The summed E-state index contributed by atoms with van der Waals surface area (Å²) in [7, 11) is -3.75. The molecule has 6 heteroatoms. The monoisotopic (exact) mass is 366 g/mol. The molecule has 0 saturated heterocycles. The van der Waals surface area contributed by atoms with Gasteiger partial charge in [0.15, 0.2) is 5.03 Å². The molecule has 5 nitrogen and oxygen atoms in total. The van der Waals surface area contributed by atoms with Gasteiger partial charge < -0.3 is 5.11 Å². The average Bonchev–Trinajstić information content (AvgIpc) is 3.10. The molecule has 4 aromatic rings. The maximum atomic E-state index is 13.3. The largest absolute Gasteiger partial charge is 0.396 e. The number of aryl methyl sites for hydroxylation is 1. The molecule has 0 aliphatic rings. The second-order valence-electron chi connectivity index (χ2n) is 6.21. The number of aliphatic hydroxyl groups is 1. The molecule has 0 amide bonds. The van der Waals surface area contributed by atoms with Gasteiger partial charge in [-0.25, -0.2) is 8.42 Å². The van der Waals surface area contributed by atoms with Crippen molar-refractivity contribution in [3.05, 3.63) is 66.2 Å². The molecule has 0 spiro atoms. The van der Waals surface area contributed by atoms with E-state index in [2.05, 4.69) is 10.2 Å². The van der Waals surface area contributed by atoms with E-state index in [0.29, 0.717) is 29.1 Å². The van der Waals surface area contributed by atoms with Gasteiger partial charge in [-0.15, -0.1) is 0 Å². The van der Waals surface area contributed by atoms with Crippen molar-refractivity contribution < 1.29 is 13.5 Å². The smallest absolute Gasteiger partial charge is 0.224 e. The predicted octanol–water partition coefficient (Wildman–Crippen LogP) is 3.47. The van der Waals surface area contributed by atoms with Crippen molar-refractivity contribution in [2.45, 2.75) is 22.8 Å². The lowest BCUT2D eigenvalue weighted by molar-refractivity contribution is 0.288. The molecular formula is C20H18N2O3S. The molecule has 0 bridgehead atoms. The van der Waals surface area contributed by atoms with Crippen LogP contribution in [0, 0.1) is 0 Å². The van der Waals surface area contributed by atoms with Crippen LogP contribution in [0.15, 0.2) is 70.6 Å². The van der Waals surface area contributed by atoms with Crippen LogP contribution in [0.2, 0.25) is 0 Å². The van der Waals surface area contributed by atoms with E-state index in [1.54, 1.807) is 18.2 Å². The van der Waals surface area contributed by atoms with E-state index in [1.165, 1.54) is 0 Å². The average molecular weight is 366 g/mol. The van der Waals surface area contributed by atoms with Gasteiger partial charge in [-0.1, -0.05) is 42.5 Å². The highest BCUT2D eigenvalue weighted by Crippen LogP contribution is 2.31. The number of hydrogen-bond acceptors (Lipinski definition) is 4. The fourth-order valence-corrected chi connectivity index (χ4v) is 4.79. The Hall–Kier alpha value is -2.70. The lowest BCUT2D eigenvalue weighted by Crippen LogP contribution is -2.04. The standard InChI is InChI=1S/C20H18N2O3S/c23-12-4-5-14-10-11-18-17(13-14)20(22-21-18)26(24,25)19-9-3-7-15-6-1-2-8-16(15)19/h1-3,6-11,13,23H,4-5,12H2,(H,21,22). The van der Waals surface area contributed by atoms with Crippen molar-refractivity contribution in [1.82, 2.24) is 10.2 Å². The molecular weight excluding hydrogens is 348 g/mol. The zero-order valence-electron chi connectivity index (χ0n) is 14.0. The Kier molecular flexibility index (Phi) is 4.22. The van der Waals surface area contributed by atoms with Gasteiger partial charge in [-0.3, -0.25) is 5.10 Å². The number of aromatic nitrogens is 2. The first-order valence-electron chi connectivity index (χ1n) is 8.42. The summed E-state index contributed by atoms with van der Waals surface area (Å²) in [5.74, 6) is 0. The van der Waals surface area contributed by atoms with Crippen LogP contribution in [0.5, 0.6) is 0 Å². The molecule has 4 rings (SSSR count). The topological polar surface area (TPSA) is 83.0 Å². The first kappa shape index (κ1) is 16.8. The number of aromatic amines is 1. The summed E-state index contributed by atoms with van der Waals surface area (Å²) in [4.78, 5) is 0.266. The van der Waals surface area contributed by atoms with E-state index < -0.39 is 9.84 Å². The van der Waals surface area contributed by atoms with Crippen molar-refractivity contribution >= 4 is 31.5 Å². The summed E-state index contributed by atoms with van der Waals surface area (Å²) in [5, 5.41) is 18.1. The van der Waals surface area contributed by atoms with E-state index in [4.69, 9.17) is 5.11 Å². The molecule has 2 N–H and O–H groups in total. The highest BCUT2D eigenvalue weighted by atomic mass is 32.2. The lowest BCUT2D eigenvalue weighted by Gasteiger charge is -2.07. The number of aliphatic hydroxyl groups excluding tert-OH is 1. The third-order valence-electron chi connectivity index (χ3n) is 4.51. The fourth-order valence-electron chi connectivity index (χ4n) is 3.22. The maximum absolute atomic E-state index is 13.3. The van der Waals surface area contributed by atoms with Crippen LogP contribution in [0.25, 0.3) is 21.7 Å². The van der Waals surface area contributed by atoms with E-state index in [-0.39, 0.29) is 16.5 Å². The van der Waals surface area contributed by atoms with E-state index in [0.717, 1.165) is 10.9 Å². The Bertz CT molecular complexity index is 1190. The molecule has 0 aliphatic heterocycles. The minimum absolute atomic E-state index is 0.102. The van der Waals surface area contributed by atoms with Crippen molar-refractivity contribution in [3.8, 4) is 0 Å². The van der Waals surface area contributed by atoms with Gasteiger partial charge in [0.1, 0.15) is 0 Å². The zero-order chi connectivity index (χ0) is 18.1. The molecule has 1 aromatic heterocycles. The fraction of sp³-hybridized carbons (Fsp3) is 0.150. The minimum Gasteiger partial charge on any atom is -0.396 e. The van der Waals surface area contributed by atoms with Gasteiger partial charge in [0, 0.05) is 17.4 Å². The Morgan fingerprint density at radius 1 is 0.962 bits per heavy atom. The summed E-state index contributed by atoms with van der Waals surface area (Å²) in [6.07, 6.45) is 1.32. The highest BCUT2D eigenvalue weighted by Gasteiger charge is 2.25. The molecule has 0 fully saturated rings. The number of nitrogens with zero attached hydrogens (tertiary/aromatic N) is 1. The van der Waals surface area contributed by atoms with Gasteiger partial charge >= 0.3 is 0 Å². The van der Waals surface area contributed by atoms with Crippen LogP contribution in [-0.4, -0.2) is 30.3 Å². The third kappa shape index (κ3) is 2.77. The number of hydrogen-bond donors (Lipinski definition) is 2. The first-order chi connectivity index (χ1) is 12.6. The molecule has 0 unspecified atom stereocenters. The molecule has 0 atom stereocenters. The second kappa shape index (κ2) is 6.55. The Morgan fingerprint density at radius 3 is 2.62 bits per heavy atom. The number of nitrogens with one attached hydrogen (secondary N) is 1. The Balaban J connectivity index is 1.90. The summed E-state index contributed by atoms with van der Waals surface area (Å²) in [5.41, 5.74) is 1.58. The molecule has 1 heterocycles. The van der Waals surface area contributed by atoms with Gasteiger partial charge in [0.25, 0.3) is 0 Å². The van der Waals surface area contributed by atoms with Gasteiger partial charge in [0.05, 0.1) is 10.4 Å². The number of benzene rings is 3. The number of rotatable bonds is 5. The first-order valence-corrected chi connectivity index (χ1v) is 9.90. The molecule has 0 saturated carbocycles. The van der Waals surface area contributed by atoms with Gasteiger partial charge in [-0.2, -0.15) is 5.10 Å². The number of sulfone groups is 1. The second-order valence-corrected chi connectivity index (χ2v) is 8.07. The molecule has 26 heavy (non-hydrogen) atoms. The third-order valence-corrected chi connectivity index (χ3v) is 6.30. The zero-order valence-corrected chi connectivity index (χ0v) is 14.8. The normalized spacial score (nSPS) is 12.0. The summed E-state index contributed by atoms with van der Waals surface area (Å²) in [6.45, 7) is 0.102. The van der Waals surface area contributed by atoms with Crippen molar-refractivity contribution in [3.63, 3.8) is 0 Å². The Morgan fingerprint density at radius 2 is 1.77 bits per heavy atom. The highest BCUT2D eigenvalue weighted by molar-refractivity contribution is 7.91. The van der Waals surface area contributed by atoms with Crippen LogP contribution >= 0.6 is 0 Å². The van der Waals surface area contributed by atoms with Crippen molar-refractivity contribution in [2.75, 3.05) is 6.61 Å². The number of fused-ring (bicyclic) bond motifs is 2. The molecule has 132 valence electrons. The van der Waals surface area contributed by atoms with Crippen LogP contribution in [-0.2, 0) is 16.3 Å². The van der Waals surface area contributed by atoms with Gasteiger partial charge in [-0.05, 0) is 42.0 Å². The molecule has 3 aromatic carbocycles. The maximum Gasteiger partial charge on any atom is 0.224 e. The van der Waals surface area contributed by atoms with Crippen LogP contribution < -0.4 is 0 Å². The van der Waals surface area contributed by atoms with Crippen molar-refractivity contribution in [1.29, 1.82) is 0 Å². The van der Waals surface area contributed by atoms with Crippen LogP contribution in [0.1, 0.15) is 12.0 Å². The molecule has 0 aliphatic carbocycles. The summed E-state index contributed by atoms with van der Waals surface area (Å²) >= 11 is 0. The van der Waals surface area contributed by atoms with E-state index in [1.807, 2.05) is 42.5 Å². The predicted molar refractivity (Wildman–Crippen MR) is 101 cm³/mol. The lowest BCUT2D eigenvalue weighted by atomic mass is 10.1.